The van der Waals surface area contributed by atoms with Gasteiger partial charge in [-0.15, -0.1) is 0 Å². The van der Waals surface area contributed by atoms with E-state index in [0.29, 0.717) is 23.9 Å². The average Bonchev–Trinajstić information content (AvgIpc) is 3.12. The first-order chi connectivity index (χ1) is 13.6. The predicted molar refractivity (Wildman–Crippen MR) is 111 cm³/mol. The maximum atomic E-state index is 12.4. The summed E-state index contributed by atoms with van der Waals surface area (Å²) < 4.78 is 7.30. The van der Waals surface area contributed by atoms with Gasteiger partial charge in [-0.2, -0.15) is 5.10 Å². The number of rotatable bonds is 5. The van der Waals surface area contributed by atoms with Crippen molar-refractivity contribution in [2.45, 2.75) is 19.3 Å². The summed E-state index contributed by atoms with van der Waals surface area (Å²) in [5.74, 6) is 1.37. The number of carbonyl (C=O) groups excluding carboxylic acids is 1. The lowest BCUT2D eigenvalue weighted by Crippen LogP contribution is -2.24. The van der Waals surface area contributed by atoms with E-state index >= 15 is 0 Å². The molecule has 6 heteroatoms. The van der Waals surface area contributed by atoms with Crippen LogP contribution in [0.25, 0.3) is 5.69 Å². The van der Waals surface area contributed by atoms with Crippen LogP contribution in [0.4, 0.5) is 5.82 Å². The molecule has 5 nitrogen and oxygen atoms in total. The normalized spacial score (nSPS) is 15.6. The Balaban J connectivity index is 1.72. The molecular weight excluding hydrogens is 374 g/mol. The lowest BCUT2D eigenvalue weighted by molar-refractivity contribution is -0.116. The molecule has 1 aromatic heterocycles. The van der Waals surface area contributed by atoms with Gasteiger partial charge in [0.15, 0.2) is 0 Å². The number of aromatic nitrogens is 2. The molecule has 1 N–H and O–H groups in total. The number of benzene rings is 2. The van der Waals surface area contributed by atoms with E-state index < -0.39 is 0 Å². The standard InChI is InChI=1S/C22H20ClN3O2/c1-3-11-28-16-9-7-15(8-10-16)17-12-21(27)25-22-18(17)13-24-26(22)20-6-4-5-19(23)14(20)2/h3-10,13,17H,1,11-12H2,2H3,(H,25,27)/t17-/m1/s1. The summed E-state index contributed by atoms with van der Waals surface area (Å²) in [6.07, 6.45) is 3.90. The van der Waals surface area contributed by atoms with Crippen LogP contribution in [0.2, 0.25) is 5.02 Å². The Labute approximate surface area is 168 Å². The zero-order valence-electron chi connectivity index (χ0n) is 15.5. The van der Waals surface area contributed by atoms with Crippen LogP contribution >= 0.6 is 11.6 Å². The summed E-state index contributed by atoms with van der Waals surface area (Å²) >= 11 is 6.27. The van der Waals surface area contributed by atoms with Gasteiger partial charge in [0.1, 0.15) is 18.2 Å². The highest BCUT2D eigenvalue weighted by Gasteiger charge is 2.30. The van der Waals surface area contributed by atoms with Gasteiger partial charge in [0, 0.05) is 22.9 Å². The van der Waals surface area contributed by atoms with Gasteiger partial charge in [0.05, 0.1) is 11.9 Å². The predicted octanol–water partition coefficient (Wildman–Crippen LogP) is 4.87. The van der Waals surface area contributed by atoms with E-state index in [9.17, 15) is 4.79 Å². The van der Waals surface area contributed by atoms with Gasteiger partial charge in [-0.1, -0.05) is 42.5 Å². The van der Waals surface area contributed by atoms with Crippen LogP contribution in [-0.4, -0.2) is 22.3 Å². The van der Waals surface area contributed by atoms with Crippen molar-refractivity contribution in [1.29, 1.82) is 0 Å². The average molecular weight is 394 g/mol. The molecule has 1 aliphatic heterocycles. The molecule has 4 rings (SSSR count). The number of ether oxygens (including phenoxy) is 1. The molecule has 28 heavy (non-hydrogen) atoms. The van der Waals surface area contributed by atoms with Crippen molar-refractivity contribution in [2.24, 2.45) is 0 Å². The van der Waals surface area contributed by atoms with Gasteiger partial charge in [-0.05, 0) is 42.3 Å². The maximum Gasteiger partial charge on any atom is 0.226 e. The molecule has 0 radical (unpaired) electrons. The lowest BCUT2D eigenvalue weighted by atomic mass is 9.87. The summed E-state index contributed by atoms with van der Waals surface area (Å²) in [6, 6.07) is 13.5. The van der Waals surface area contributed by atoms with Crippen LogP contribution in [0.1, 0.15) is 29.0 Å². The number of hydrogen-bond acceptors (Lipinski definition) is 3. The molecule has 0 saturated carbocycles. The van der Waals surface area contributed by atoms with E-state index in [1.54, 1.807) is 10.8 Å². The topological polar surface area (TPSA) is 56.1 Å². The Kier molecular flexibility index (Phi) is 4.92. The fourth-order valence-electron chi connectivity index (χ4n) is 3.48. The van der Waals surface area contributed by atoms with E-state index in [4.69, 9.17) is 16.3 Å². The quantitative estimate of drug-likeness (QED) is 0.629. The fraction of sp³-hybridized carbons (Fsp3) is 0.182. The first-order valence-electron chi connectivity index (χ1n) is 9.05. The number of fused-ring (bicyclic) bond motifs is 1. The number of anilines is 1. The second-order valence-electron chi connectivity index (χ2n) is 6.72. The van der Waals surface area contributed by atoms with Crippen LogP contribution < -0.4 is 10.1 Å². The van der Waals surface area contributed by atoms with Crippen molar-refractivity contribution in [2.75, 3.05) is 11.9 Å². The number of hydrogen-bond donors (Lipinski definition) is 1. The van der Waals surface area contributed by atoms with Gasteiger partial charge in [-0.3, -0.25) is 4.79 Å². The molecule has 1 amide bonds. The highest BCUT2D eigenvalue weighted by atomic mass is 35.5. The molecule has 0 bridgehead atoms. The smallest absolute Gasteiger partial charge is 0.226 e. The number of nitrogens with zero attached hydrogens (tertiary/aromatic N) is 2. The van der Waals surface area contributed by atoms with Gasteiger partial charge >= 0.3 is 0 Å². The van der Waals surface area contributed by atoms with E-state index in [1.165, 1.54) is 0 Å². The van der Waals surface area contributed by atoms with Crippen molar-refractivity contribution in [3.05, 3.63) is 83.0 Å². The third-order valence-corrected chi connectivity index (χ3v) is 5.35. The van der Waals surface area contributed by atoms with E-state index in [1.807, 2.05) is 55.6 Å². The largest absolute Gasteiger partial charge is 0.490 e. The van der Waals surface area contributed by atoms with Crippen LogP contribution in [-0.2, 0) is 4.79 Å². The Morgan fingerprint density at radius 1 is 1.32 bits per heavy atom. The van der Waals surface area contributed by atoms with Crippen molar-refractivity contribution in [3.63, 3.8) is 0 Å². The third kappa shape index (κ3) is 3.29. The van der Waals surface area contributed by atoms with Gasteiger partial charge in [0.2, 0.25) is 5.91 Å². The molecule has 0 saturated heterocycles. The molecule has 0 aliphatic carbocycles. The van der Waals surface area contributed by atoms with Crippen molar-refractivity contribution in [1.82, 2.24) is 9.78 Å². The Morgan fingerprint density at radius 2 is 2.11 bits per heavy atom. The van der Waals surface area contributed by atoms with E-state index in [-0.39, 0.29) is 11.8 Å². The van der Waals surface area contributed by atoms with Crippen LogP contribution in [0.5, 0.6) is 5.75 Å². The van der Waals surface area contributed by atoms with E-state index in [0.717, 1.165) is 28.1 Å². The highest BCUT2D eigenvalue weighted by Crippen LogP contribution is 2.39. The van der Waals surface area contributed by atoms with Crippen molar-refractivity contribution in [3.8, 4) is 11.4 Å². The summed E-state index contributed by atoms with van der Waals surface area (Å²) in [5, 5.41) is 8.18. The van der Waals surface area contributed by atoms with Gasteiger partial charge < -0.3 is 10.1 Å². The van der Waals surface area contributed by atoms with Crippen LogP contribution in [0.15, 0.2) is 61.3 Å². The molecular formula is C22H20ClN3O2. The van der Waals surface area contributed by atoms with Gasteiger partial charge in [0.25, 0.3) is 0 Å². The zero-order valence-corrected chi connectivity index (χ0v) is 16.2. The summed E-state index contributed by atoms with van der Waals surface area (Å²) in [4.78, 5) is 12.4. The molecule has 0 fully saturated rings. The minimum atomic E-state index is -0.0644. The van der Waals surface area contributed by atoms with Crippen LogP contribution in [0, 0.1) is 6.92 Å². The molecule has 0 spiro atoms. The number of nitrogens with one attached hydrogen (secondary N) is 1. The first-order valence-corrected chi connectivity index (χ1v) is 9.43. The Hall–Kier alpha value is -3.05. The zero-order chi connectivity index (χ0) is 19.7. The molecule has 2 heterocycles. The lowest BCUT2D eigenvalue weighted by Gasteiger charge is -2.24. The van der Waals surface area contributed by atoms with Crippen molar-refractivity contribution < 1.29 is 9.53 Å². The molecule has 1 atom stereocenters. The fourth-order valence-corrected chi connectivity index (χ4v) is 3.65. The number of amides is 1. The second-order valence-corrected chi connectivity index (χ2v) is 7.13. The number of carbonyl (C=O) groups is 1. The Bertz CT molecular complexity index is 1040. The summed E-state index contributed by atoms with van der Waals surface area (Å²) in [5.41, 5.74) is 3.79. The first kappa shape index (κ1) is 18.3. The maximum absolute atomic E-state index is 12.4. The summed E-state index contributed by atoms with van der Waals surface area (Å²) in [7, 11) is 0. The highest BCUT2D eigenvalue weighted by molar-refractivity contribution is 6.31. The molecule has 3 aromatic rings. The van der Waals surface area contributed by atoms with Gasteiger partial charge in [-0.25, -0.2) is 4.68 Å². The molecule has 0 unspecified atom stereocenters. The van der Waals surface area contributed by atoms with E-state index in [2.05, 4.69) is 17.0 Å². The molecule has 2 aromatic carbocycles. The van der Waals surface area contributed by atoms with Crippen molar-refractivity contribution >= 4 is 23.3 Å². The molecule has 142 valence electrons. The monoisotopic (exact) mass is 393 g/mol. The van der Waals surface area contributed by atoms with Crippen LogP contribution in [0.3, 0.4) is 0 Å². The minimum Gasteiger partial charge on any atom is -0.490 e. The Morgan fingerprint density at radius 3 is 2.86 bits per heavy atom. The summed E-state index contributed by atoms with van der Waals surface area (Å²) in [6.45, 7) is 6.05. The second kappa shape index (κ2) is 7.52. The molecule has 1 aliphatic rings. The SMILES string of the molecule is C=CCOc1ccc([C@H]2CC(=O)Nc3c2cnn3-c2cccc(Cl)c2C)cc1. The minimum absolute atomic E-state index is 0.0362. The number of halogens is 1. The third-order valence-electron chi connectivity index (χ3n) is 4.94.